The molecule has 0 unspecified atom stereocenters. The largest absolute Gasteiger partial charge is 0.467 e. The standard InChI is InChI=1S/C14H16N2O2S/c1-9-13(10(2)17)19-14(15-9)16(11-5-6-11)8-12-4-3-7-18-12/h3-4,7,11H,5-6,8H2,1-2H3. The molecular formula is C14H16N2O2S. The van der Waals surface area contributed by atoms with Gasteiger partial charge < -0.3 is 9.32 Å². The van der Waals surface area contributed by atoms with Gasteiger partial charge in [0.15, 0.2) is 10.9 Å². The van der Waals surface area contributed by atoms with Crippen LogP contribution in [0.1, 0.15) is 40.9 Å². The first kappa shape index (κ1) is 12.4. The topological polar surface area (TPSA) is 46.3 Å². The van der Waals surface area contributed by atoms with Gasteiger partial charge in [-0.1, -0.05) is 11.3 Å². The maximum absolute atomic E-state index is 11.5. The molecule has 2 aromatic rings. The summed E-state index contributed by atoms with van der Waals surface area (Å²) < 4.78 is 5.42. The summed E-state index contributed by atoms with van der Waals surface area (Å²) in [5, 5.41) is 0.932. The number of aromatic nitrogens is 1. The Morgan fingerprint density at radius 2 is 2.37 bits per heavy atom. The molecule has 0 saturated heterocycles. The van der Waals surface area contributed by atoms with E-state index in [0.717, 1.165) is 28.0 Å². The van der Waals surface area contributed by atoms with Gasteiger partial charge in [-0.15, -0.1) is 0 Å². The number of ketones is 1. The third-order valence-electron chi connectivity index (χ3n) is 3.24. The minimum atomic E-state index is 0.0926. The summed E-state index contributed by atoms with van der Waals surface area (Å²) in [5.74, 6) is 1.03. The van der Waals surface area contributed by atoms with Crippen LogP contribution in [0.15, 0.2) is 22.8 Å². The molecule has 1 aliphatic rings. The van der Waals surface area contributed by atoms with E-state index in [4.69, 9.17) is 4.42 Å². The van der Waals surface area contributed by atoms with Crippen LogP contribution in [0.5, 0.6) is 0 Å². The van der Waals surface area contributed by atoms with Crippen LogP contribution in [0, 0.1) is 6.92 Å². The molecule has 0 atom stereocenters. The molecule has 1 saturated carbocycles. The highest BCUT2D eigenvalue weighted by Crippen LogP contribution is 2.36. The predicted octanol–water partition coefficient (Wildman–Crippen LogP) is 3.42. The van der Waals surface area contributed by atoms with Gasteiger partial charge in [-0.3, -0.25) is 4.79 Å². The second kappa shape index (κ2) is 4.81. The number of Topliss-reactive ketones (excluding diaryl/α,β-unsaturated/α-hetero) is 1. The van der Waals surface area contributed by atoms with E-state index in [9.17, 15) is 4.79 Å². The van der Waals surface area contributed by atoms with Crippen LogP contribution in [0.25, 0.3) is 0 Å². The van der Waals surface area contributed by atoms with Crippen LogP contribution < -0.4 is 4.90 Å². The van der Waals surface area contributed by atoms with Crippen molar-refractivity contribution in [1.29, 1.82) is 0 Å². The van der Waals surface area contributed by atoms with Gasteiger partial charge in [0.2, 0.25) is 0 Å². The van der Waals surface area contributed by atoms with E-state index in [-0.39, 0.29) is 5.78 Å². The molecular weight excluding hydrogens is 260 g/mol. The normalized spacial score (nSPS) is 14.6. The number of carbonyl (C=O) groups is 1. The zero-order chi connectivity index (χ0) is 13.4. The summed E-state index contributed by atoms with van der Waals surface area (Å²) in [4.78, 5) is 19.1. The Morgan fingerprint density at radius 3 is 2.89 bits per heavy atom. The molecule has 5 heteroatoms. The first-order valence-corrected chi connectivity index (χ1v) is 7.24. The lowest BCUT2D eigenvalue weighted by atomic mass is 10.3. The number of rotatable bonds is 5. The van der Waals surface area contributed by atoms with E-state index in [1.807, 2.05) is 19.1 Å². The molecule has 1 fully saturated rings. The van der Waals surface area contributed by atoms with Crippen LogP contribution in [-0.4, -0.2) is 16.8 Å². The van der Waals surface area contributed by atoms with Crippen molar-refractivity contribution in [3.8, 4) is 0 Å². The average Bonchev–Trinajstić information content (AvgIpc) is 2.93. The molecule has 0 aromatic carbocycles. The number of hydrogen-bond donors (Lipinski definition) is 0. The maximum Gasteiger partial charge on any atom is 0.186 e. The Balaban J connectivity index is 1.87. The molecule has 3 rings (SSSR count). The van der Waals surface area contributed by atoms with Crippen LogP contribution in [-0.2, 0) is 6.54 Å². The fraction of sp³-hybridized carbons (Fsp3) is 0.429. The van der Waals surface area contributed by atoms with E-state index in [1.165, 1.54) is 24.2 Å². The Labute approximate surface area is 116 Å². The number of thiazole rings is 1. The zero-order valence-electron chi connectivity index (χ0n) is 11.0. The summed E-state index contributed by atoms with van der Waals surface area (Å²) in [5.41, 5.74) is 0.831. The number of anilines is 1. The molecule has 0 radical (unpaired) electrons. The van der Waals surface area contributed by atoms with Gasteiger partial charge in [0.25, 0.3) is 0 Å². The van der Waals surface area contributed by atoms with Crippen LogP contribution >= 0.6 is 11.3 Å². The lowest BCUT2D eigenvalue weighted by Gasteiger charge is -2.19. The van der Waals surface area contributed by atoms with Gasteiger partial charge in [0.1, 0.15) is 5.76 Å². The summed E-state index contributed by atoms with van der Waals surface area (Å²) in [6.45, 7) is 4.22. The molecule has 0 amide bonds. The minimum absolute atomic E-state index is 0.0926. The molecule has 2 heterocycles. The van der Waals surface area contributed by atoms with Gasteiger partial charge >= 0.3 is 0 Å². The number of hydrogen-bond acceptors (Lipinski definition) is 5. The lowest BCUT2D eigenvalue weighted by molar-refractivity contribution is 0.102. The highest BCUT2D eigenvalue weighted by molar-refractivity contribution is 7.17. The van der Waals surface area contributed by atoms with Crippen LogP contribution in [0.3, 0.4) is 0 Å². The number of furan rings is 1. The van der Waals surface area contributed by atoms with Crippen molar-refractivity contribution in [1.82, 2.24) is 4.98 Å². The fourth-order valence-corrected chi connectivity index (χ4v) is 3.17. The lowest BCUT2D eigenvalue weighted by Crippen LogP contribution is -2.24. The zero-order valence-corrected chi connectivity index (χ0v) is 11.9. The van der Waals surface area contributed by atoms with Gasteiger partial charge in [0, 0.05) is 13.0 Å². The van der Waals surface area contributed by atoms with Crippen molar-refractivity contribution in [3.63, 3.8) is 0 Å². The van der Waals surface area contributed by atoms with E-state index in [0.29, 0.717) is 6.04 Å². The molecule has 2 aromatic heterocycles. The molecule has 0 aliphatic heterocycles. The SMILES string of the molecule is CC(=O)c1sc(N(Cc2ccco2)C2CC2)nc1C. The average molecular weight is 276 g/mol. The maximum atomic E-state index is 11.5. The second-order valence-corrected chi connectivity index (χ2v) is 5.88. The molecule has 100 valence electrons. The molecule has 0 N–H and O–H groups in total. The van der Waals surface area contributed by atoms with Crippen LogP contribution in [0.4, 0.5) is 5.13 Å². The van der Waals surface area contributed by atoms with Gasteiger partial charge in [0.05, 0.1) is 23.4 Å². The third-order valence-corrected chi connectivity index (χ3v) is 4.54. The van der Waals surface area contributed by atoms with Gasteiger partial charge in [-0.2, -0.15) is 0 Å². The molecule has 1 aliphatic carbocycles. The quantitative estimate of drug-likeness (QED) is 0.785. The third kappa shape index (κ3) is 2.56. The van der Waals surface area contributed by atoms with E-state index in [1.54, 1.807) is 13.2 Å². The predicted molar refractivity (Wildman–Crippen MR) is 74.8 cm³/mol. The van der Waals surface area contributed by atoms with Crippen molar-refractivity contribution in [2.24, 2.45) is 0 Å². The smallest absolute Gasteiger partial charge is 0.186 e. The number of nitrogens with zero attached hydrogens (tertiary/aromatic N) is 2. The van der Waals surface area contributed by atoms with E-state index >= 15 is 0 Å². The fourth-order valence-electron chi connectivity index (χ4n) is 2.14. The molecule has 19 heavy (non-hydrogen) atoms. The van der Waals surface area contributed by atoms with Crippen molar-refractivity contribution in [2.45, 2.75) is 39.3 Å². The van der Waals surface area contributed by atoms with Crippen molar-refractivity contribution in [3.05, 3.63) is 34.7 Å². The summed E-state index contributed by atoms with van der Waals surface area (Å²) in [7, 11) is 0. The molecule has 0 spiro atoms. The first-order valence-electron chi connectivity index (χ1n) is 6.42. The van der Waals surface area contributed by atoms with E-state index in [2.05, 4.69) is 9.88 Å². The van der Waals surface area contributed by atoms with Gasteiger partial charge in [-0.25, -0.2) is 4.98 Å². The summed E-state index contributed by atoms with van der Waals surface area (Å²) in [6, 6.07) is 4.41. The Morgan fingerprint density at radius 1 is 1.58 bits per heavy atom. The summed E-state index contributed by atoms with van der Waals surface area (Å²) in [6.07, 6.45) is 4.07. The van der Waals surface area contributed by atoms with Crippen molar-refractivity contribution < 1.29 is 9.21 Å². The minimum Gasteiger partial charge on any atom is -0.467 e. The monoisotopic (exact) mass is 276 g/mol. The second-order valence-electron chi connectivity index (χ2n) is 4.91. The highest BCUT2D eigenvalue weighted by atomic mass is 32.1. The van der Waals surface area contributed by atoms with E-state index < -0.39 is 0 Å². The Bertz CT molecular complexity index is 585. The molecule has 4 nitrogen and oxygen atoms in total. The van der Waals surface area contributed by atoms with Crippen LogP contribution in [0.2, 0.25) is 0 Å². The van der Waals surface area contributed by atoms with Crippen molar-refractivity contribution >= 4 is 22.3 Å². The highest BCUT2D eigenvalue weighted by Gasteiger charge is 2.32. The number of carbonyl (C=O) groups excluding carboxylic acids is 1. The first-order chi connectivity index (χ1) is 9.15. The van der Waals surface area contributed by atoms with Crippen molar-refractivity contribution in [2.75, 3.05) is 4.90 Å². The molecule has 0 bridgehead atoms. The summed E-state index contributed by atoms with van der Waals surface area (Å²) >= 11 is 1.49. The van der Waals surface area contributed by atoms with Gasteiger partial charge in [-0.05, 0) is 31.9 Å². The Hall–Kier alpha value is -1.62. The Kier molecular flexibility index (Phi) is 3.14. The number of aryl methyl sites for hydroxylation is 1.